The summed E-state index contributed by atoms with van der Waals surface area (Å²) < 4.78 is 5.07. The molecule has 3 nitrogen and oxygen atoms in total. The number of anilines is 9. The number of benzene rings is 10. The van der Waals surface area contributed by atoms with Crippen molar-refractivity contribution < 1.29 is 0 Å². The average Bonchev–Trinajstić information content (AvgIpc) is 1.85. The van der Waals surface area contributed by atoms with Crippen LogP contribution in [-0.2, 0) is 21.7 Å². The number of rotatable bonds is 10. The first-order valence-electron chi connectivity index (χ1n) is 29.8. The first kappa shape index (κ1) is 56.6. The van der Waals surface area contributed by atoms with Crippen LogP contribution in [0.4, 0.5) is 51.2 Å². The lowest BCUT2D eigenvalue weighted by Gasteiger charge is -2.35. The minimum atomic E-state index is -0.117. The van der Waals surface area contributed by atoms with Gasteiger partial charge in [0.25, 0.3) is 0 Å². The van der Waals surface area contributed by atoms with Gasteiger partial charge in [0.2, 0.25) is 0 Å². The van der Waals surface area contributed by atoms with Crippen LogP contribution < -0.4 is 14.7 Å². The molecule has 0 spiro atoms. The van der Waals surface area contributed by atoms with E-state index in [9.17, 15) is 0 Å². The van der Waals surface area contributed by atoms with Gasteiger partial charge >= 0.3 is 0 Å². The lowest BCUT2D eigenvalue weighted by Crippen LogP contribution is -2.18. The second-order valence-corrected chi connectivity index (χ2v) is 30.9. The Morgan fingerprint density at radius 3 is 1.52 bits per heavy atom. The zero-order valence-electron chi connectivity index (χ0n) is 51.2. The summed E-state index contributed by atoms with van der Waals surface area (Å²) in [5.74, 6) is 0. The van der Waals surface area contributed by atoms with E-state index in [1.165, 1.54) is 83.3 Å². The Hall–Kier alpha value is -7.49. The number of hydrogen-bond acceptors (Lipinski definition) is 5. The van der Waals surface area contributed by atoms with Crippen molar-refractivity contribution in [2.75, 3.05) is 14.7 Å². The molecule has 12 aromatic rings. The average molecular weight is 1260 g/mol. The van der Waals surface area contributed by atoms with Crippen LogP contribution in [0.2, 0.25) is 0 Å². The van der Waals surface area contributed by atoms with Crippen LogP contribution >= 0.6 is 45.3 Å². The van der Waals surface area contributed by atoms with E-state index >= 15 is 0 Å². The van der Waals surface area contributed by atoms with E-state index in [2.05, 4.69) is 340 Å². The Kier molecular flexibility index (Phi) is 14.1. The summed E-state index contributed by atoms with van der Waals surface area (Å²) in [5.41, 5.74) is 23.9. The third-order valence-electron chi connectivity index (χ3n) is 17.8. The Bertz CT molecular complexity index is 4470. The largest absolute Gasteiger partial charge is 0.310 e. The number of fused-ring (bicyclic) bond motifs is 7. The van der Waals surface area contributed by atoms with Gasteiger partial charge in [0.05, 0.1) is 31.3 Å². The van der Waals surface area contributed by atoms with Crippen LogP contribution in [0.15, 0.2) is 212 Å². The van der Waals surface area contributed by atoms with Gasteiger partial charge in [-0.2, -0.15) is 0 Å². The fourth-order valence-corrected chi connectivity index (χ4v) is 16.2. The van der Waals surface area contributed by atoms with E-state index in [-0.39, 0.29) is 21.7 Å². The van der Waals surface area contributed by atoms with Crippen LogP contribution in [0.25, 0.3) is 52.5 Å². The molecule has 13 rings (SSSR count). The molecule has 0 N–H and O–H groups in total. The summed E-state index contributed by atoms with van der Waals surface area (Å²) >= 11 is 6.42. The predicted molar refractivity (Wildman–Crippen MR) is 380 cm³/mol. The smallest absolute Gasteiger partial charge is 0.0906 e. The third-order valence-corrected chi connectivity index (χ3v) is 21.0. The van der Waals surface area contributed by atoms with Gasteiger partial charge in [0, 0.05) is 58.4 Å². The Morgan fingerprint density at radius 1 is 0.376 bits per heavy atom. The predicted octanol–water partition coefficient (Wildman–Crippen LogP) is 24.8. The second-order valence-electron chi connectivity index (χ2n) is 26.9. The first-order chi connectivity index (χ1) is 40.5. The van der Waals surface area contributed by atoms with E-state index in [0.717, 1.165) is 62.2 Å². The number of hydrogen-bond donors (Lipinski definition) is 0. The topological polar surface area (TPSA) is 9.72 Å². The molecule has 10 aromatic carbocycles. The van der Waals surface area contributed by atoms with Crippen LogP contribution in [-0.4, -0.2) is 0 Å². The maximum atomic E-state index is 2.65. The van der Waals surface area contributed by atoms with Crippen molar-refractivity contribution in [1.82, 2.24) is 0 Å². The first-order valence-corrected chi connectivity index (χ1v) is 32.6. The fourth-order valence-electron chi connectivity index (χ4n) is 12.9. The fraction of sp³-hybridized carbons (Fsp3) is 0.215. The number of aryl methyl sites for hydroxylation is 1. The maximum absolute atomic E-state index is 2.65. The molecule has 0 amide bonds. The van der Waals surface area contributed by atoms with Crippen molar-refractivity contribution in [3.63, 3.8) is 0 Å². The molecule has 2 aromatic heterocycles. The van der Waals surface area contributed by atoms with E-state index in [4.69, 9.17) is 0 Å². The maximum Gasteiger partial charge on any atom is 0.0906 e. The van der Waals surface area contributed by atoms with Gasteiger partial charge in [-0.15, -0.1) is 22.7 Å². The van der Waals surface area contributed by atoms with E-state index < -0.39 is 0 Å². The summed E-state index contributed by atoms with van der Waals surface area (Å²) in [6.45, 7) is 30.1. The van der Waals surface area contributed by atoms with Crippen molar-refractivity contribution in [2.24, 2.45) is 0 Å². The van der Waals surface area contributed by atoms with Gasteiger partial charge < -0.3 is 14.7 Å². The number of thiophene rings is 2. The van der Waals surface area contributed by atoms with Crippen LogP contribution in [0.3, 0.4) is 0 Å². The molecule has 0 fully saturated rings. The SMILES string of the molecule is Cc1ccc(N(c2ccc(C(C)(C)C)cc2)c2ccc(C(C)(C)C)cc2)cc1N(c1cc(-c2ccccc2)cc(N(c2ccc(C(C)(C)C)cc2)c2c(I)sc3cc4c(cc23)-c2ccccc2C4(C)C)c1C)c1cccc2sc3ccccc3c12. The number of nitrogens with zero attached hydrogens (tertiary/aromatic N) is 3. The third kappa shape index (κ3) is 10.1. The quantitative estimate of drug-likeness (QED) is 0.126. The summed E-state index contributed by atoms with van der Waals surface area (Å²) in [5, 5.41) is 3.76. The van der Waals surface area contributed by atoms with Crippen LogP contribution in [0.5, 0.6) is 0 Å². The molecule has 0 radical (unpaired) electrons. The van der Waals surface area contributed by atoms with Gasteiger partial charge in [-0.3, -0.25) is 0 Å². The van der Waals surface area contributed by atoms with Crippen molar-refractivity contribution >= 4 is 127 Å². The Labute approximate surface area is 525 Å². The van der Waals surface area contributed by atoms with Gasteiger partial charge in [-0.25, -0.2) is 0 Å². The minimum Gasteiger partial charge on any atom is -0.310 e. The molecule has 85 heavy (non-hydrogen) atoms. The molecule has 0 saturated heterocycles. The van der Waals surface area contributed by atoms with Crippen LogP contribution in [0.1, 0.15) is 115 Å². The van der Waals surface area contributed by atoms with Crippen molar-refractivity contribution in [3.05, 3.63) is 254 Å². The highest BCUT2D eigenvalue weighted by Gasteiger charge is 2.37. The van der Waals surface area contributed by atoms with Crippen molar-refractivity contribution in [1.29, 1.82) is 0 Å². The van der Waals surface area contributed by atoms with Crippen molar-refractivity contribution in [2.45, 2.75) is 112 Å². The lowest BCUT2D eigenvalue weighted by atomic mass is 9.82. The zero-order chi connectivity index (χ0) is 59.5. The molecule has 0 bridgehead atoms. The molecule has 1 aliphatic carbocycles. The summed E-state index contributed by atoms with van der Waals surface area (Å²) in [7, 11) is 0. The summed E-state index contributed by atoms with van der Waals surface area (Å²) in [6.07, 6.45) is 0. The summed E-state index contributed by atoms with van der Waals surface area (Å²) in [4.78, 5) is 7.66. The highest BCUT2D eigenvalue weighted by Crippen LogP contribution is 2.57. The molecule has 2 heterocycles. The minimum absolute atomic E-state index is 0.0107. The van der Waals surface area contributed by atoms with Crippen LogP contribution in [0, 0.1) is 16.7 Å². The van der Waals surface area contributed by atoms with E-state index in [1.807, 2.05) is 22.7 Å². The molecule has 0 atom stereocenters. The second kappa shape index (κ2) is 21.2. The highest BCUT2D eigenvalue weighted by molar-refractivity contribution is 14.1. The van der Waals surface area contributed by atoms with Gasteiger partial charge in [-0.1, -0.05) is 197 Å². The lowest BCUT2D eigenvalue weighted by molar-refractivity contribution is 0.590. The molecule has 0 aliphatic heterocycles. The zero-order valence-corrected chi connectivity index (χ0v) is 55.0. The highest BCUT2D eigenvalue weighted by atomic mass is 127. The Morgan fingerprint density at radius 2 is 0.906 bits per heavy atom. The molecular formula is C79H74IN3S2. The standard InChI is InChI=1S/C79H74IN3S2/c1-49-30-37-59(81(56-38-31-53(32-39-56)76(3,4)5)57-40-33-54(34-41-57)77(6,7)8)46-67(49)83(66-27-21-29-71-73(66)61-25-18-20-28-70(61)84-71)69-45-52(51-22-15-14-16-23-51)44-68(50(69)2)82(58-42-35-55(36-43-58)78(9,10)11)74-63-47-62-60-24-17-19-26-64(60)79(12,13)65(62)48-72(63)85-75(74)80/h14-48H,1-13H3. The monoisotopic (exact) mass is 1260 g/mol. The van der Waals surface area contributed by atoms with Gasteiger partial charge in [0.1, 0.15) is 0 Å². The Balaban J connectivity index is 1.11. The normalized spacial score (nSPS) is 13.2. The van der Waals surface area contributed by atoms with Gasteiger partial charge in [0.15, 0.2) is 0 Å². The molecule has 6 heteroatoms. The van der Waals surface area contributed by atoms with E-state index in [1.54, 1.807) is 0 Å². The molecule has 0 unspecified atom stereocenters. The molecule has 0 saturated carbocycles. The molecule has 424 valence electrons. The summed E-state index contributed by atoms with van der Waals surface area (Å²) in [6, 6.07) is 80.8. The molecular weight excluding hydrogens is 1180 g/mol. The van der Waals surface area contributed by atoms with E-state index in [0.29, 0.717) is 0 Å². The van der Waals surface area contributed by atoms with Gasteiger partial charge in [-0.05, 0) is 205 Å². The van der Waals surface area contributed by atoms with Crippen molar-refractivity contribution in [3.8, 4) is 22.3 Å². The molecule has 1 aliphatic rings. The number of halogens is 1.